The first-order chi connectivity index (χ1) is 40.1. The quantitative estimate of drug-likeness (QED) is 0.0342. The number of ether oxygens (including phenoxy) is 4. The molecule has 0 saturated heterocycles. The van der Waals surface area contributed by atoms with Crippen molar-refractivity contribution >= 4 is 53.3 Å². The molecule has 18 heteroatoms. The van der Waals surface area contributed by atoms with E-state index in [4.69, 9.17) is 34.4 Å². The van der Waals surface area contributed by atoms with Gasteiger partial charge >= 0.3 is 31.6 Å². The molecule has 0 atom stereocenters. The van der Waals surface area contributed by atoms with Gasteiger partial charge in [0.2, 0.25) is 5.69 Å². The van der Waals surface area contributed by atoms with Crippen LogP contribution in [-0.2, 0) is 18.9 Å². The lowest BCUT2D eigenvalue weighted by Crippen LogP contribution is -2.29. The summed E-state index contributed by atoms with van der Waals surface area (Å²) in [5.41, 5.74) is 14.3. The predicted octanol–water partition coefficient (Wildman–Crippen LogP) is 14.6. The molecule has 0 aliphatic rings. The largest absolute Gasteiger partial charge is 0.618 e. The fraction of sp³-hybridized carbons (Fsp3) is 0.294. The molecule has 86 heavy (non-hydrogen) atoms. The molecular weight excluding hydrogens is 1150 g/mol. The molecule has 0 bridgehead atoms. The maximum Gasteiger partial charge on any atom is 0.569 e. The maximum absolute atomic E-state index is 12.1. The van der Waals surface area contributed by atoms with Crippen LogP contribution in [0.2, 0.25) is 0 Å². The van der Waals surface area contributed by atoms with Gasteiger partial charge in [-0.25, -0.2) is 29.1 Å². The fourth-order valence-corrected chi connectivity index (χ4v) is 7.77. The number of carbonyl (C=O) groups excluding carboxylic acids is 4. The van der Waals surface area contributed by atoms with Crippen molar-refractivity contribution in [3.63, 3.8) is 0 Å². The highest BCUT2D eigenvalue weighted by Gasteiger charge is 2.23. The molecule has 16 nitrogen and oxygen atoms in total. The van der Waals surface area contributed by atoms with Gasteiger partial charge in [-0.05, 0) is 228 Å². The molecule has 1 radical (unpaired) electrons. The third-order valence-corrected chi connectivity index (χ3v) is 12.0. The molecule has 0 fully saturated rings. The standard InChI is InChI=1S/C17H20N2O2.C17H19NO3.C17H19NO2.C11H14BO4.C6H6BrN/c1-11-8-9-14(18)19-15(11)12-6-5-7-13(10-12)16(20)21-17(2,3)4;1-12-7-6-10-18(20)15(12)13-8-5-9-14(11-13)16(19)21-17(2,3)4;1-12-7-6-10-18-15(12)13-8-5-9-14(11-13)16(19)20-17(2,3)4;1-11(2,3)15-10(13)8-5-4-6-9(7-8)16-12-14;1-5-3-2-4-8-6(5)7/h5-10H,1-4H3,(H2,18,19);5-11H,1-4H3;5-11H,1-4H3;4-7,14H,1-3H3;2-4H,1H3. The number of nitrogens with two attached hydrogens (primary N) is 1. The maximum atomic E-state index is 12.1. The molecule has 0 saturated carbocycles. The zero-order valence-corrected chi connectivity index (χ0v) is 53.5. The lowest BCUT2D eigenvalue weighted by atomic mass is 10.0. The van der Waals surface area contributed by atoms with Gasteiger partial charge in [-0.3, -0.25) is 4.98 Å². The Morgan fingerprint density at radius 2 is 0.884 bits per heavy atom. The topological polar surface area (TPSA) is 226 Å². The van der Waals surface area contributed by atoms with Crippen LogP contribution in [-0.4, -0.2) is 73.9 Å². The van der Waals surface area contributed by atoms with Crippen molar-refractivity contribution in [2.45, 2.75) is 133 Å². The van der Waals surface area contributed by atoms with Crippen molar-refractivity contribution in [2.24, 2.45) is 0 Å². The third kappa shape index (κ3) is 24.1. The van der Waals surface area contributed by atoms with Gasteiger partial charge in [-0.15, -0.1) is 0 Å². The monoisotopic (exact) mass is 1230 g/mol. The van der Waals surface area contributed by atoms with Crippen molar-refractivity contribution in [1.82, 2.24) is 15.0 Å². The summed E-state index contributed by atoms with van der Waals surface area (Å²) in [6.07, 6.45) is 4.96. The fourth-order valence-electron chi connectivity index (χ4n) is 7.52. The minimum atomic E-state index is -0.547. The van der Waals surface area contributed by atoms with Crippen LogP contribution < -0.4 is 15.1 Å². The minimum Gasteiger partial charge on any atom is -0.618 e. The molecule has 0 aliphatic heterocycles. The molecular formula is C68H78BBrN5O11. The third-order valence-electron chi connectivity index (χ3n) is 11.2. The first-order valence-electron chi connectivity index (χ1n) is 27.5. The number of nitrogens with zero attached hydrogens (tertiary/aromatic N) is 4. The second-order valence-electron chi connectivity index (χ2n) is 23.5. The lowest BCUT2D eigenvalue weighted by molar-refractivity contribution is -0.594. The number of nitrogen functional groups attached to an aromatic ring is 1. The van der Waals surface area contributed by atoms with Gasteiger partial charge in [0, 0.05) is 40.7 Å². The van der Waals surface area contributed by atoms with Crippen LogP contribution in [0.5, 0.6) is 5.75 Å². The number of pyridine rings is 4. The summed E-state index contributed by atoms with van der Waals surface area (Å²) in [6.45, 7) is 29.8. The van der Waals surface area contributed by atoms with Crippen LogP contribution in [0.1, 0.15) is 147 Å². The van der Waals surface area contributed by atoms with Gasteiger partial charge in [0.05, 0.1) is 33.6 Å². The molecule has 3 N–H and O–H groups in total. The van der Waals surface area contributed by atoms with E-state index < -0.39 is 34.3 Å². The number of anilines is 1. The average Bonchev–Trinajstić information content (AvgIpc) is 2.33. The highest BCUT2D eigenvalue weighted by atomic mass is 79.9. The first-order valence-corrected chi connectivity index (χ1v) is 28.3. The summed E-state index contributed by atoms with van der Waals surface area (Å²) >= 11 is 3.28. The molecule has 4 heterocycles. The van der Waals surface area contributed by atoms with Crippen LogP contribution in [0.3, 0.4) is 0 Å². The smallest absolute Gasteiger partial charge is 0.569 e. The summed E-state index contributed by atoms with van der Waals surface area (Å²) in [5.74, 6) is -0.630. The number of hydrogen-bond donors (Lipinski definition) is 2. The van der Waals surface area contributed by atoms with E-state index in [0.29, 0.717) is 52.8 Å². The molecule has 4 aromatic carbocycles. The SMILES string of the molecule is CC(C)(C)OC(=O)c1cccc(O[B]O)c1.Cc1ccc(N)nc1-c1cccc(C(=O)OC(C)(C)C)c1.Cc1ccc[n+]([O-])c1-c1cccc(C(=O)OC(C)(C)C)c1.Cc1cccnc1-c1cccc(C(=O)OC(C)(C)C)c1.Cc1cccnc1Br. The number of aryl methyl sites for hydroxylation is 4. The van der Waals surface area contributed by atoms with E-state index >= 15 is 0 Å². The molecule has 8 aromatic rings. The number of halogens is 1. The van der Waals surface area contributed by atoms with Gasteiger partial charge in [-0.1, -0.05) is 54.6 Å². The van der Waals surface area contributed by atoms with Crippen molar-refractivity contribution < 1.29 is 52.5 Å². The van der Waals surface area contributed by atoms with E-state index in [1.807, 2.05) is 163 Å². The van der Waals surface area contributed by atoms with Crippen LogP contribution in [0.25, 0.3) is 33.8 Å². The number of hydrogen-bond acceptors (Lipinski definition) is 15. The summed E-state index contributed by atoms with van der Waals surface area (Å²) < 4.78 is 27.8. The number of rotatable bonds is 9. The van der Waals surface area contributed by atoms with Crippen LogP contribution in [0.15, 0.2) is 169 Å². The minimum absolute atomic E-state index is 0.312. The Hall–Kier alpha value is -8.74. The second-order valence-corrected chi connectivity index (χ2v) is 24.3. The van der Waals surface area contributed by atoms with E-state index in [-0.39, 0.29) is 11.9 Å². The predicted molar refractivity (Wildman–Crippen MR) is 341 cm³/mol. The summed E-state index contributed by atoms with van der Waals surface area (Å²) in [6, 6.07) is 43.0. The summed E-state index contributed by atoms with van der Waals surface area (Å²) in [7, 11) is 0.564. The Balaban J connectivity index is 0.000000236. The Kier molecular flexibility index (Phi) is 25.5. The van der Waals surface area contributed by atoms with Gasteiger partial charge in [-0.2, -0.15) is 4.73 Å². The van der Waals surface area contributed by atoms with E-state index in [0.717, 1.165) is 48.5 Å². The van der Waals surface area contributed by atoms with Crippen molar-refractivity contribution in [1.29, 1.82) is 0 Å². The van der Waals surface area contributed by atoms with Gasteiger partial charge < -0.3 is 39.6 Å². The van der Waals surface area contributed by atoms with Crippen LogP contribution >= 0.6 is 15.9 Å². The highest BCUT2D eigenvalue weighted by molar-refractivity contribution is 9.10. The average molecular weight is 1230 g/mol. The molecule has 0 amide bonds. The Bertz CT molecular complexity index is 3540. The molecule has 4 aromatic heterocycles. The Labute approximate surface area is 515 Å². The van der Waals surface area contributed by atoms with Crippen molar-refractivity contribution in [3.8, 4) is 39.5 Å². The van der Waals surface area contributed by atoms with E-state index in [1.54, 1.807) is 99.9 Å². The highest BCUT2D eigenvalue weighted by Crippen LogP contribution is 2.27. The van der Waals surface area contributed by atoms with Crippen molar-refractivity contribution in [2.75, 3.05) is 5.73 Å². The normalized spacial score (nSPS) is 11.0. The summed E-state index contributed by atoms with van der Waals surface area (Å²) in [5, 5.41) is 20.4. The molecule has 451 valence electrons. The zero-order chi connectivity index (χ0) is 64.2. The van der Waals surface area contributed by atoms with Crippen molar-refractivity contribution in [3.05, 3.63) is 219 Å². The molecule has 0 aliphatic carbocycles. The van der Waals surface area contributed by atoms with Crippen LogP contribution in [0, 0.1) is 32.9 Å². The Morgan fingerprint density at radius 1 is 0.488 bits per heavy atom. The number of aromatic nitrogens is 4. The van der Waals surface area contributed by atoms with E-state index in [9.17, 15) is 24.4 Å². The number of esters is 4. The number of carbonyl (C=O) groups is 4. The van der Waals surface area contributed by atoms with Gasteiger partial charge in [0.1, 0.15) is 38.6 Å². The molecule has 0 unspecified atom stereocenters. The van der Waals surface area contributed by atoms with E-state index in [2.05, 4.69) is 30.9 Å². The number of benzene rings is 4. The van der Waals surface area contributed by atoms with Gasteiger partial charge in [0.15, 0.2) is 6.20 Å². The van der Waals surface area contributed by atoms with E-state index in [1.165, 1.54) is 17.8 Å². The first kappa shape index (κ1) is 69.8. The van der Waals surface area contributed by atoms with Crippen LogP contribution in [0.4, 0.5) is 5.82 Å². The second kappa shape index (κ2) is 31.4. The summed E-state index contributed by atoms with van der Waals surface area (Å²) in [4.78, 5) is 60.7. The Morgan fingerprint density at radius 3 is 1.30 bits per heavy atom. The lowest BCUT2D eigenvalue weighted by Gasteiger charge is -2.19. The van der Waals surface area contributed by atoms with Gasteiger partial charge in [0.25, 0.3) is 0 Å². The molecule has 0 spiro atoms. The molecule has 8 rings (SSSR count). The zero-order valence-electron chi connectivity index (χ0n) is 51.9.